The molecule has 0 aliphatic carbocycles. The van der Waals surface area contributed by atoms with E-state index >= 15 is 0 Å². The maximum absolute atomic E-state index is 9.87. The quantitative estimate of drug-likeness (QED) is 0.102. The van der Waals surface area contributed by atoms with Crippen LogP contribution < -0.4 is 4.90 Å². The van der Waals surface area contributed by atoms with Crippen LogP contribution >= 0.6 is 0 Å². The molecule has 1 aromatic heterocycles. The second kappa shape index (κ2) is 13.4. The maximum atomic E-state index is 9.87. The van der Waals surface area contributed by atoms with Crippen LogP contribution in [-0.2, 0) is 17.6 Å². The Kier molecular flexibility index (Phi) is 7.93. The third-order valence-electron chi connectivity index (χ3n) is 11.3. The molecule has 0 bridgehead atoms. The lowest BCUT2D eigenvalue weighted by Gasteiger charge is -2.37. The highest BCUT2D eigenvalue weighted by molar-refractivity contribution is 6.17. The molecule has 4 heterocycles. The zero-order valence-electron chi connectivity index (χ0n) is 30.3. The van der Waals surface area contributed by atoms with Crippen molar-refractivity contribution >= 4 is 61.2 Å². The van der Waals surface area contributed by atoms with Gasteiger partial charge in [-0.25, -0.2) is 10.1 Å². The van der Waals surface area contributed by atoms with Crippen LogP contribution in [0.3, 0.4) is 0 Å². The van der Waals surface area contributed by atoms with Crippen molar-refractivity contribution in [3.8, 4) is 11.8 Å². The molecule has 7 aromatic rings. The topological polar surface area (TPSA) is 45.6 Å². The summed E-state index contributed by atoms with van der Waals surface area (Å²) in [7, 11) is 0. The molecule has 0 spiro atoms. The first-order valence-corrected chi connectivity index (χ1v) is 19.0. The van der Waals surface area contributed by atoms with Crippen molar-refractivity contribution in [2.45, 2.75) is 25.7 Å². The molecule has 0 saturated heterocycles. The molecule has 5 nitrogen and oxygen atoms in total. The summed E-state index contributed by atoms with van der Waals surface area (Å²) in [4.78, 5) is 6.10. The Balaban J connectivity index is 1.08. The number of benzene rings is 6. The molecule has 0 N–H and O–H groups in total. The summed E-state index contributed by atoms with van der Waals surface area (Å²) in [5, 5.41) is 16.8. The van der Waals surface area contributed by atoms with Crippen LogP contribution in [-0.4, -0.2) is 17.7 Å². The molecular weight excluding hydrogens is 673 g/mol. The lowest BCUT2D eigenvalue weighted by atomic mass is 9.90. The maximum Gasteiger partial charge on any atom is 0.269 e. The molecule has 10 rings (SSSR count). The van der Waals surface area contributed by atoms with E-state index in [9.17, 15) is 5.26 Å². The van der Waals surface area contributed by atoms with Crippen molar-refractivity contribution in [2.24, 2.45) is 0 Å². The zero-order valence-corrected chi connectivity index (χ0v) is 30.3. The van der Waals surface area contributed by atoms with E-state index in [2.05, 4.69) is 142 Å². The third kappa shape index (κ3) is 5.52. The van der Waals surface area contributed by atoms with Crippen LogP contribution in [0, 0.1) is 17.9 Å². The van der Waals surface area contributed by atoms with Gasteiger partial charge in [-0.1, -0.05) is 97.1 Å². The average Bonchev–Trinajstić information content (AvgIpc) is 3.56. The Hall–Kier alpha value is -7.08. The van der Waals surface area contributed by atoms with E-state index in [4.69, 9.17) is 11.3 Å². The summed E-state index contributed by atoms with van der Waals surface area (Å²) >= 11 is 0. The predicted molar refractivity (Wildman–Crippen MR) is 226 cm³/mol. The second-order valence-corrected chi connectivity index (χ2v) is 14.5. The molecule has 55 heavy (non-hydrogen) atoms. The molecule has 3 aliphatic heterocycles. The molecule has 0 radical (unpaired) electrons. The fourth-order valence-corrected chi connectivity index (χ4v) is 8.99. The smallest absolute Gasteiger partial charge is 0.269 e. The lowest BCUT2D eigenvalue weighted by molar-refractivity contribution is 0.332. The zero-order chi connectivity index (χ0) is 36.9. The Morgan fingerprint density at radius 2 is 1.15 bits per heavy atom. The van der Waals surface area contributed by atoms with Crippen molar-refractivity contribution in [1.29, 1.82) is 5.26 Å². The molecule has 3 aliphatic rings. The fourth-order valence-electron chi connectivity index (χ4n) is 8.99. The Bertz CT molecular complexity index is 2830. The molecule has 6 aromatic carbocycles. The largest absolute Gasteiger partial charge is 0.457 e. The van der Waals surface area contributed by atoms with Gasteiger partial charge >= 0.3 is 0 Å². The Morgan fingerprint density at radius 3 is 1.69 bits per heavy atom. The Morgan fingerprint density at radius 1 is 0.636 bits per heavy atom. The number of nitriles is 1. The summed E-state index contributed by atoms with van der Waals surface area (Å²) in [6, 6.07) is 41.2. The monoisotopic (exact) mass is 708 g/mol. The van der Waals surface area contributed by atoms with Crippen molar-refractivity contribution in [3.63, 3.8) is 0 Å². The van der Waals surface area contributed by atoms with Gasteiger partial charge in [-0.2, -0.15) is 0 Å². The van der Waals surface area contributed by atoms with Crippen molar-refractivity contribution in [1.82, 2.24) is 4.57 Å². The number of anilines is 1. The molecule has 0 atom stereocenters. The minimum atomic E-state index is 0.0322. The third-order valence-corrected chi connectivity index (χ3v) is 11.3. The van der Waals surface area contributed by atoms with E-state index in [1.807, 2.05) is 12.2 Å². The highest BCUT2D eigenvalue weighted by Gasteiger charge is 2.24. The van der Waals surface area contributed by atoms with Gasteiger partial charge < -0.3 is 14.2 Å². The molecule has 262 valence electrons. The first kappa shape index (κ1) is 32.6. The van der Waals surface area contributed by atoms with Gasteiger partial charge in [0.05, 0.1) is 29.4 Å². The number of para-hydroxylation sites is 2. The molecule has 0 saturated carbocycles. The van der Waals surface area contributed by atoms with Gasteiger partial charge in [-0.05, 0) is 113 Å². The predicted octanol–water partition coefficient (Wildman–Crippen LogP) is 12.0. The number of aryl methyl sites for hydroxylation is 2. The molecule has 0 unspecified atom stereocenters. The second-order valence-electron chi connectivity index (χ2n) is 14.5. The summed E-state index contributed by atoms with van der Waals surface area (Å²) in [6.07, 6.45) is 16.3. The van der Waals surface area contributed by atoms with Gasteiger partial charge in [-0.3, -0.25) is 0 Å². The SMILES string of the molecule is [C-]#[N+]/C(C#N)=C1C=C(/C=C/c2cc3c4c(c2)CCCN4CCC3)OC(/C=C/c2c3ccccc3c(-n3c4ccccc4c4ccccc43)c3ccccc23)=C\1. The summed E-state index contributed by atoms with van der Waals surface area (Å²) < 4.78 is 8.90. The van der Waals surface area contributed by atoms with Gasteiger partial charge in [0, 0.05) is 40.3 Å². The first-order valence-electron chi connectivity index (χ1n) is 19.0. The van der Waals surface area contributed by atoms with Crippen LogP contribution in [0.1, 0.15) is 35.1 Å². The standard InChI is InChI=1S/C50H36N4O/c1-52-46(32-51)36-30-37(23-22-33-28-34-12-10-26-53-27-11-13-35(29-33)49(34)53)55-38(31-36)24-25-41-39-14-2-4-18-44(39)50(45-19-5-3-15-40(41)45)54-47-20-8-6-16-42(47)43-17-7-9-21-48(43)54/h2-9,14-25,28-31H,10-13,26-27H2/b23-22+,25-24+,46-36+. The van der Waals surface area contributed by atoms with E-state index < -0.39 is 0 Å². The molecule has 5 heteroatoms. The number of hydrogen-bond donors (Lipinski definition) is 0. The van der Waals surface area contributed by atoms with Crippen molar-refractivity contribution in [2.75, 3.05) is 18.0 Å². The van der Waals surface area contributed by atoms with E-state index in [-0.39, 0.29) is 5.70 Å². The minimum Gasteiger partial charge on any atom is -0.457 e. The van der Waals surface area contributed by atoms with Gasteiger partial charge in [-0.15, -0.1) is 0 Å². The van der Waals surface area contributed by atoms with Gasteiger partial charge in [0.2, 0.25) is 0 Å². The van der Waals surface area contributed by atoms with E-state index in [1.54, 1.807) is 12.2 Å². The first-order chi connectivity index (χ1) is 27.2. The van der Waals surface area contributed by atoms with Crippen LogP contribution in [0.2, 0.25) is 0 Å². The number of nitrogens with zero attached hydrogens (tertiary/aromatic N) is 4. The van der Waals surface area contributed by atoms with Crippen LogP contribution in [0.4, 0.5) is 5.69 Å². The summed E-state index contributed by atoms with van der Waals surface area (Å²) in [5.41, 5.74) is 10.6. The normalized spacial score (nSPS) is 16.3. The molecule has 0 amide bonds. The number of fused-ring (bicyclic) bond motifs is 5. The van der Waals surface area contributed by atoms with Crippen molar-refractivity contribution in [3.05, 3.63) is 190 Å². The molecule has 0 fully saturated rings. The minimum absolute atomic E-state index is 0.0322. The molecular formula is C50H36N4O. The number of aromatic nitrogens is 1. The summed E-state index contributed by atoms with van der Waals surface area (Å²) in [5.74, 6) is 1.14. The van der Waals surface area contributed by atoms with E-state index in [1.165, 1.54) is 51.5 Å². The van der Waals surface area contributed by atoms with E-state index in [0.29, 0.717) is 17.1 Å². The fraction of sp³-hybridized carbons (Fsp3) is 0.120. The lowest BCUT2D eigenvalue weighted by Crippen LogP contribution is -2.34. The number of ether oxygens (including phenoxy) is 1. The van der Waals surface area contributed by atoms with E-state index in [0.717, 1.165) is 64.3 Å². The number of hydrogen-bond acceptors (Lipinski definition) is 3. The number of rotatable bonds is 5. The van der Waals surface area contributed by atoms with Crippen LogP contribution in [0.15, 0.2) is 156 Å². The van der Waals surface area contributed by atoms with Crippen LogP contribution in [0.5, 0.6) is 0 Å². The van der Waals surface area contributed by atoms with Gasteiger partial charge in [0.25, 0.3) is 5.70 Å². The van der Waals surface area contributed by atoms with Crippen molar-refractivity contribution < 1.29 is 4.74 Å². The van der Waals surface area contributed by atoms with Gasteiger partial charge in [0.15, 0.2) is 0 Å². The summed E-state index contributed by atoms with van der Waals surface area (Å²) in [6.45, 7) is 10.0. The highest BCUT2D eigenvalue weighted by Crippen LogP contribution is 2.41. The highest BCUT2D eigenvalue weighted by atomic mass is 16.5. The number of allylic oxidation sites excluding steroid dienone is 6. The Labute approximate surface area is 320 Å². The van der Waals surface area contributed by atoms with Gasteiger partial charge in [0.1, 0.15) is 11.5 Å². The van der Waals surface area contributed by atoms with Crippen LogP contribution in [0.25, 0.3) is 66.0 Å². The average molecular weight is 709 g/mol.